The van der Waals surface area contributed by atoms with Crippen molar-refractivity contribution >= 4 is 33.1 Å². The lowest BCUT2D eigenvalue weighted by Crippen LogP contribution is -2.17. The van der Waals surface area contributed by atoms with E-state index < -0.39 is 0 Å². The zero-order chi connectivity index (χ0) is 13.0. The van der Waals surface area contributed by atoms with Gasteiger partial charge in [-0.25, -0.2) is 10.8 Å². The van der Waals surface area contributed by atoms with Gasteiger partial charge >= 0.3 is 0 Å². The molecule has 4 nitrogen and oxygen atoms in total. The average Bonchev–Trinajstić information content (AvgIpc) is 2.75. The topological polar surface area (TPSA) is 54.2 Å². The van der Waals surface area contributed by atoms with Crippen molar-refractivity contribution < 1.29 is 0 Å². The smallest absolute Gasteiger partial charge is 0.139 e. The van der Waals surface area contributed by atoms with Crippen LogP contribution >= 0.6 is 27.3 Å². The average molecular weight is 327 g/mol. The molecule has 0 amide bonds. The molecule has 96 valence electrons. The molecule has 2 rings (SSSR count). The third kappa shape index (κ3) is 3.78. The number of nitrogens with two attached hydrogens (primary N) is 1. The Bertz CT molecular complexity index is 497. The Morgan fingerprint density at radius 3 is 2.83 bits per heavy atom. The molecule has 0 radical (unpaired) electrons. The number of pyridine rings is 1. The fraction of sp³-hybridized carbons (Fsp3) is 0.250. The van der Waals surface area contributed by atoms with Crippen LogP contribution in [0.1, 0.15) is 10.4 Å². The second-order valence-corrected chi connectivity index (χ2v) is 6.01. The lowest BCUT2D eigenvalue weighted by atomic mass is 10.2. The summed E-state index contributed by atoms with van der Waals surface area (Å²) in [6.45, 7) is 1.81. The van der Waals surface area contributed by atoms with E-state index in [2.05, 4.69) is 49.7 Å². The van der Waals surface area contributed by atoms with Crippen LogP contribution < -0.4 is 11.3 Å². The summed E-state index contributed by atoms with van der Waals surface area (Å²) in [4.78, 5) is 7.79. The lowest BCUT2D eigenvalue weighted by Gasteiger charge is -2.15. The molecular formula is C12H15BrN4S. The molecule has 0 fully saturated rings. The quantitative estimate of drug-likeness (QED) is 0.655. The van der Waals surface area contributed by atoms with Crippen molar-refractivity contribution in [2.75, 3.05) is 12.5 Å². The van der Waals surface area contributed by atoms with Crippen LogP contribution in [0.5, 0.6) is 0 Å². The van der Waals surface area contributed by atoms with E-state index >= 15 is 0 Å². The Labute approximate surface area is 119 Å². The van der Waals surface area contributed by atoms with Crippen LogP contribution in [0.25, 0.3) is 0 Å². The molecule has 0 spiro atoms. The van der Waals surface area contributed by atoms with Crippen LogP contribution in [-0.2, 0) is 13.1 Å². The van der Waals surface area contributed by atoms with Crippen LogP contribution in [0.15, 0.2) is 34.2 Å². The van der Waals surface area contributed by atoms with E-state index in [-0.39, 0.29) is 0 Å². The van der Waals surface area contributed by atoms with E-state index in [0.29, 0.717) is 5.82 Å². The van der Waals surface area contributed by atoms with Crippen LogP contribution in [0.3, 0.4) is 0 Å². The third-order valence-electron chi connectivity index (χ3n) is 2.47. The molecule has 18 heavy (non-hydrogen) atoms. The van der Waals surface area contributed by atoms with E-state index in [9.17, 15) is 0 Å². The molecular weight excluding hydrogens is 312 g/mol. The number of hydrazine groups is 1. The van der Waals surface area contributed by atoms with Gasteiger partial charge in [-0.2, -0.15) is 0 Å². The van der Waals surface area contributed by atoms with Crippen molar-refractivity contribution in [1.29, 1.82) is 0 Å². The molecule has 0 aliphatic rings. The number of nitrogen functional groups attached to an aromatic ring is 1. The molecule has 6 heteroatoms. The summed E-state index contributed by atoms with van der Waals surface area (Å²) in [7, 11) is 2.10. The minimum atomic E-state index is 0.684. The van der Waals surface area contributed by atoms with Gasteiger partial charge in [0.05, 0.1) is 0 Å². The van der Waals surface area contributed by atoms with Crippen LogP contribution in [0.2, 0.25) is 0 Å². The summed E-state index contributed by atoms with van der Waals surface area (Å²) in [5, 5.41) is 2.10. The molecule has 0 saturated heterocycles. The van der Waals surface area contributed by atoms with Crippen molar-refractivity contribution in [3.05, 3.63) is 44.7 Å². The number of nitrogens with zero attached hydrogens (tertiary/aromatic N) is 2. The molecule has 0 atom stereocenters. The second-order valence-electron chi connectivity index (χ2n) is 4.10. The van der Waals surface area contributed by atoms with E-state index in [0.717, 1.165) is 17.6 Å². The maximum atomic E-state index is 5.28. The van der Waals surface area contributed by atoms with E-state index in [1.807, 2.05) is 18.3 Å². The number of aromatic nitrogens is 1. The minimum absolute atomic E-state index is 0.684. The van der Waals surface area contributed by atoms with Gasteiger partial charge in [0.25, 0.3) is 0 Å². The van der Waals surface area contributed by atoms with Gasteiger partial charge < -0.3 is 5.43 Å². The van der Waals surface area contributed by atoms with Gasteiger partial charge in [-0.05, 0) is 40.7 Å². The fourth-order valence-electron chi connectivity index (χ4n) is 1.67. The Morgan fingerprint density at radius 1 is 1.44 bits per heavy atom. The highest BCUT2D eigenvalue weighted by Gasteiger charge is 2.04. The number of hydrogen-bond acceptors (Lipinski definition) is 5. The van der Waals surface area contributed by atoms with Crippen LogP contribution in [0.4, 0.5) is 5.82 Å². The first-order valence-electron chi connectivity index (χ1n) is 5.50. The summed E-state index contributed by atoms with van der Waals surface area (Å²) in [5.74, 6) is 5.96. The predicted octanol–water partition coefficient (Wildman–Crippen LogP) is 2.82. The normalized spacial score (nSPS) is 10.9. The molecule has 2 aromatic rings. The van der Waals surface area contributed by atoms with Gasteiger partial charge in [0.15, 0.2) is 0 Å². The number of hydrogen-bond donors (Lipinski definition) is 2. The molecule has 0 bridgehead atoms. The van der Waals surface area contributed by atoms with Crippen molar-refractivity contribution in [3.63, 3.8) is 0 Å². The summed E-state index contributed by atoms with van der Waals surface area (Å²) in [6.07, 6.45) is 1.84. The van der Waals surface area contributed by atoms with E-state index in [4.69, 9.17) is 5.84 Å². The summed E-state index contributed by atoms with van der Waals surface area (Å²) < 4.78 is 1.15. The molecule has 0 aliphatic carbocycles. The van der Waals surface area contributed by atoms with Crippen molar-refractivity contribution in [2.24, 2.45) is 5.84 Å². The molecule has 0 unspecified atom stereocenters. The molecule has 3 N–H and O–H groups in total. The lowest BCUT2D eigenvalue weighted by molar-refractivity contribution is 0.321. The summed E-state index contributed by atoms with van der Waals surface area (Å²) in [5.41, 5.74) is 3.70. The molecule has 0 aromatic carbocycles. The van der Waals surface area contributed by atoms with Crippen LogP contribution in [0, 0.1) is 0 Å². The van der Waals surface area contributed by atoms with E-state index in [1.54, 1.807) is 11.3 Å². The number of nitrogens with one attached hydrogen (secondary N) is 1. The zero-order valence-corrected chi connectivity index (χ0v) is 12.5. The Kier molecular flexibility index (Phi) is 4.71. The maximum absolute atomic E-state index is 5.28. The SMILES string of the molecule is CN(Cc1ccc(NN)nc1)Cc1cc(Br)cs1. The molecule has 2 aromatic heterocycles. The highest BCUT2D eigenvalue weighted by molar-refractivity contribution is 9.10. The molecule has 2 heterocycles. The van der Waals surface area contributed by atoms with Crippen LogP contribution in [-0.4, -0.2) is 16.9 Å². The predicted molar refractivity (Wildman–Crippen MR) is 79.2 cm³/mol. The first-order valence-corrected chi connectivity index (χ1v) is 7.17. The van der Waals surface area contributed by atoms with Gasteiger partial charge in [0, 0.05) is 34.0 Å². The maximum Gasteiger partial charge on any atom is 0.139 e. The van der Waals surface area contributed by atoms with Gasteiger partial charge in [-0.15, -0.1) is 11.3 Å². The largest absolute Gasteiger partial charge is 0.308 e. The summed E-state index contributed by atoms with van der Waals surface area (Å²) in [6, 6.07) is 6.06. The Hall–Kier alpha value is -0.950. The highest BCUT2D eigenvalue weighted by atomic mass is 79.9. The molecule has 0 saturated carbocycles. The standard InChI is InChI=1S/C12H15BrN4S/c1-17(7-11-4-10(13)8-18-11)6-9-2-3-12(16-14)15-5-9/h2-5,8H,6-7,14H2,1H3,(H,15,16). The number of anilines is 1. The fourth-order valence-corrected chi connectivity index (χ4v) is 3.20. The first kappa shape index (κ1) is 13.5. The molecule has 0 aliphatic heterocycles. The van der Waals surface area contributed by atoms with Gasteiger partial charge in [0.2, 0.25) is 0 Å². The monoisotopic (exact) mass is 326 g/mol. The van der Waals surface area contributed by atoms with Gasteiger partial charge in [-0.1, -0.05) is 6.07 Å². The Balaban J connectivity index is 1.91. The number of thiophene rings is 1. The summed E-state index contributed by atoms with van der Waals surface area (Å²) >= 11 is 5.23. The van der Waals surface area contributed by atoms with Gasteiger partial charge in [0.1, 0.15) is 5.82 Å². The second kappa shape index (κ2) is 6.29. The number of rotatable bonds is 5. The van der Waals surface area contributed by atoms with Crippen molar-refractivity contribution in [1.82, 2.24) is 9.88 Å². The first-order chi connectivity index (χ1) is 8.67. The van der Waals surface area contributed by atoms with Gasteiger partial charge in [-0.3, -0.25) is 4.90 Å². The minimum Gasteiger partial charge on any atom is -0.308 e. The van der Waals surface area contributed by atoms with E-state index in [1.165, 1.54) is 10.4 Å². The van der Waals surface area contributed by atoms with Crippen molar-refractivity contribution in [2.45, 2.75) is 13.1 Å². The number of halogens is 1. The zero-order valence-electron chi connectivity index (χ0n) is 10.1. The Morgan fingerprint density at radius 2 is 2.28 bits per heavy atom. The van der Waals surface area contributed by atoms with Crippen molar-refractivity contribution in [3.8, 4) is 0 Å². The third-order valence-corrected chi connectivity index (χ3v) is 4.15. The highest BCUT2D eigenvalue weighted by Crippen LogP contribution is 2.21.